The van der Waals surface area contributed by atoms with Crippen molar-refractivity contribution in [3.05, 3.63) is 64.1 Å². The van der Waals surface area contributed by atoms with E-state index in [0.29, 0.717) is 37.2 Å². The van der Waals surface area contributed by atoms with Crippen molar-refractivity contribution in [2.24, 2.45) is 0 Å². The molecule has 1 fully saturated rings. The van der Waals surface area contributed by atoms with Gasteiger partial charge in [0.15, 0.2) is 0 Å². The monoisotopic (exact) mass is 545 g/mol. The molecular weight excluding hydrogens is 519 g/mol. The Bertz CT molecular complexity index is 1370. The zero-order valence-electron chi connectivity index (χ0n) is 21.1. The lowest BCUT2D eigenvalue weighted by molar-refractivity contribution is -0.137. The van der Waals surface area contributed by atoms with Crippen LogP contribution in [-0.2, 0) is 20.4 Å². The fourth-order valence-electron chi connectivity index (χ4n) is 4.88. The topological polar surface area (TPSA) is 72.9 Å². The van der Waals surface area contributed by atoms with Crippen LogP contribution in [0, 0.1) is 0 Å². The van der Waals surface area contributed by atoms with Gasteiger partial charge in [-0.1, -0.05) is 24.3 Å². The number of halogens is 3. The summed E-state index contributed by atoms with van der Waals surface area (Å²) in [6, 6.07) is 9.53. The molecule has 200 valence electrons. The summed E-state index contributed by atoms with van der Waals surface area (Å²) in [4.78, 5) is 40.0. The summed E-state index contributed by atoms with van der Waals surface area (Å²) in [5.41, 5.74) is -1.47. The molecule has 10 heteroatoms. The molecule has 0 radical (unpaired) electrons. The highest BCUT2D eigenvalue weighted by Crippen LogP contribution is 2.48. The van der Waals surface area contributed by atoms with Crippen molar-refractivity contribution in [2.45, 2.75) is 51.0 Å². The molecule has 0 bridgehead atoms. The van der Waals surface area contributed by atoms with Crippen LogP contribution in [0.5, 0.6) is 0 Å². The van der Waals surface area contributed by atoms with E-state index in [-0.39, 0.29) is 27.4 Å². The summed E-state index contributed by atoms with van der Waals surface area (Å²) >= 11 is 1.23. The van der Waals surface area contributed by atoms with E-state index in [2.05, 4.69) is 0 Å². The maximum atomic E-state index is 13.7. The summed E-state index contributed by atoms with van der Waals surface area (Å²) in [5, 5.41) is 0. The van der Waals surface area contributed by atoms with E-state index in [4.69, 9.17) is 9.47 Å². The third-order valence-electron chi connectivity index (χ3n) is 6.80. The number of benzene rings is 2. The number of thioether (sulfide) groups is 1. The zero-order valence-corrected chi connectivity index (χ0v) is 21.9. The number of likely N-dealkylation sites (tertiary alicyclic amines) is 1. The number of ketones is 2. The van der Waals surface area contributed by atoms with E-state index in [1.807, 2.05) is 0 Å². The Morgan fingerprint density at radius 2 is 1.66 bits per heavy atom. The average molecular weight is 546 g/mol. The molecule has 0 aromatic heterocycles. The van der Waals surface area contributed by atoms with Gasteiger partial charge in [-0.05, 0) is 50.1 Å². The number of fused-ring (bicyclic) bond motifs is 2. The van der Waals surface area contributed by atoms with Crippen LogP contribution in [0.15, 0.2) is 47.4 Å². The fraction of sp³-hybridized carbons (Fsp3) is 0.393. The standard InChI is InChI=1S/C28H26F3NO5S/c1-26(2,3)37-25(35)32-12-10-27(11-13-32)15-38-24-22(34)21(33)18-9-8-16(14-19(18)23(24)36-27)17-6-4-5-7-20(17)28(29,30)31/h4-9,14H,10-13,15H2,1-3H3. The number of allylic oxidation sites excluding steroid dienone is 1. The second kappa shape index (κ2) is 9.18. The lowest BCUT2D eigenvalue weighted by Crippen LogP contribution is -2.51. The van der Waals surface area contributed by atoms with E-state index in [1.165, 1.54) is 48.2 Å². The predicted molar refractivity (Wildman–Crippen MR) is 136 cm³/mol. The number of ether oxygens (including phenoxy) is 2. The van der Waals surface area contributed by atoms with Gasteiger partial charge < -0.3 is 14.4 Å². The molecule has 2 aromatic carbocycles. The van der Waals surface area contributed by atoms with E-state index in [1.54, 1.807) is 25.7 Å². The number of Topliss-reactive ketones (excluding diaryl/α,β-unsaturated/α-hetero) is 2. The molecule has 2 aromatic rings. The molecule has 2 heterocycles. The summed E-state index contributed by atoms with van der Waals surface area (Å²) in [5.74, 6) is -0.750. The Kier molecular flexibility index (Phi) is 6.37. The molecule has 0 atom stereocenters. The Hall–Kier alpha value is -3.27. The molecule has 1 spiro atoms. The van der Waals surface area contributed by atoms with Crippen molar-refractivity contribution in [3.63, 3.8) is 0 Å². The lowest BCUT2D eigenvalue weighted by atomic mass is 9.88. The maximum absolute atomic E-state index is 13.7. The van der Waals surface area contributed by atoms with Crippen LogP contribution >= 0.6 is 11.8 Å². The van der Waals surface area contributed by atoms with Crippen LogP contribution in [0.1, 0.15) is 55.1 Å². The van der Waals surface area contributed by atoms with Gasteiger partial charge in [-0.15, -0.1) is 11.8 Å². The summed E-state index contributed by atoms with van der Waals surface area (Å²) in [7, 11) is 0. The Morgan fingerprint density at radius 1 is 0.974 bits per heavy atom. The number of hydrogen-bond donors (Lipinski definition) is 0. The molecule has 0 saturated carbocycles. The molecule has 2 aliphatic heterocycles. The van der Waals surface area contributed by atoms with Crippen LogP contribution in [0.3, 0.4) is 0 Å². The first kappa shape index (κ1) is 26.3. The van der Waals surface area contributed by atoms with Crippen molar-refractivity contribution >= 4 is 35.2 Å². The van der Waals surface area contributed by atoms with Crippen molar-refractivity contribution in [1.82, 2.24) is 4.90 Å². The number of piperidine rings is 1. The van der Waals surface area contributed by atoms with Crippen molar-refractivity contribution in [1.29, 1.82) is 0 Å². The number of rotatable bonds is 1. The number of alkyl halides is 3. The summed E-state index contributed by atoms with van der Waals surface area (Å²) in [6.45, 7) is 6.16. The summed E-state index contributed by atoms with van der Waals surface area (Å²) < 4.78 is 53.0. The highest BCUT2D eigenvalue weighted by Gasteiger charge is 2.47. The fourth-order valence-corrected chi connectivity index (χ4v) is 6.14. The van der Waals surface area contributed by atoms with Crippen molar-refractivity contribution in [3.8, 4) is 11.1 Å². The number of hydrogen-bond acceptors (Lipinski definition) is 6. The molecular formula is C28H26F3NO5S. The maximum Gasteiger partial charge on any atom is 0.417 e. The molecule has 0 unspecified atom stereocenters. The van der Waals surface area contributed by atoms with Crippen molar-refractivity contribution < 1.29 is 37.0 Å². The van der Waals surface area contributed by atoms with Gasteiger partial charge in [0, 0.05) is 42.8 Å². The van der Waals surface area contributed by atoms with Crippen LogP contribution in [-0.4, -0.2) is 52.6 Å². The predicted octanol–water partition coefficient (Wildman–Crippen LogP) is 6.34. The Morgan fingerprint density at radius 3 is 2.32 bits per heavy atom. The SMILES string of the molecule is CC(C)(C)OC(=O)N1CCC2(CC1)CSC1=C(O2)c2cc(-c3ccccc3C(F)(F)F)ccc2C(=O)C1=O. The molecule has 3 aliphatic rings. The number of carbonyl (C=O) groups is 3. The van der Waals surface area contributed by atoms with Crippen LogP contribution in [0.4, 0.5) is 18.0 Å². The van der Waals surface area contributed by atoms with E-state index in [9.17, 15) is 27.6 Å². The van der Waals surface area contributed by atoms with Crippen molar-refractivity contribution in [2.75, 3.05) is 18.8 Å². The first-order valence-electron chi connectivity index (χ1n) is 12.2. The van der Waals surface area contributed by atoms with Gasteiger partial charge in [-0.25, -0.2) is 4.79 Å². The van der Waals surface area contributed by atoms with Gasteiger partial charge in [0.1, 0.15) is 21.9 Å². The van der Waals surface area contributed by atoms with Crippen LogP contribution < -0.4 is 0 Å². The highest BCUT2D eigenvalue weighted by atomic mass is 32.2. The van der Waals surface area contributed by atoms with Crippen LogP contribution in [0.25, 0.3) is 16.9 Å². The zero-order chi connectivity index (χ0) is 27.5. The number of nitrogens with zero attached hydrogens (tertiary/aromatic N) is 1. The van der Waals surface area contributed by atoms with Crippen LogP contribution in [0.2, 0.25) is 0 Å². The number of carbonyl (C=O) groups excluding carboxylic acids is 3. The first-order chi connectivity index (χ1) is 17.8. The van der Waals surface area contributed by atoms with Gasteiger partial charge in [-0.3, -0.25) is 9.59 Å². The Labute approximate surface area is 222 Å². The quantitative estimate of drug-likeness (QED) is 0.390. The second-order valence-electron chi connectivity index (χ2n) is 10.7. The Balaban J connectivity index is 1.47. The van der Waals surface area contributed by atoms with E-state index < -0.39 is 40.6 Å². The minimum Gasteiger partial charge on any atom is -0.484 e. The average Bonchev–Trinajstić information content (AvgIpc) is 2.86. The lowest BCUT2D eigenvalue weighted by Gasteiger charge is -2.45. The highest BCUT2D eigenvalue weighted by molar-refractivity contribution is 8.04. The third-order valence-corrected chi connectivity index (χ3v) is 8.13. The third kappa shape index (κ3) is 4.81. The largest absolute Gasteiger partial charge is 0.484 e. The minimum absolute atomic E-state index is 0.0295. The van der Waals surface area contributed by atoms with Gasteiger partial charge in [0.05, 0.1) is 5.56 Å². The first-order valence-corrected chi connectivity index (χ1v) is 13.2. The van der Waals surface area contributed by atoms with E-state index in [0.717, 1.165) is 6.07 Å². The second-order valence-corrected chi connectivity index (χ2v) is 11.6. The molecule has 5 rings (SSSR count). The minimum atomic E-state index is -4.56. The van der Waals surface area contributed by atoms with E-state index >= 15 is 0 Å². The molecule has 1 aliphatic carbocycles. The smallest absolute Gasteiger partial charge is 0.417 e. The number of amides is 1. The molecule has 6 nitrogen and oxygen atoms in total. The van der Waals surface area contributed by atoms with Gasteiger partial charge >= 0.3 is 12.3 Å². The summed E-state index contributed by atoms with van der Waals surface area (Å²) in [6.07, 6.45) is -4.02. The molecule has 0 N–H and O–H groups in total. The molecule has 1 amide bonds. The normalized spacial score (nSPS) is 19.2. The van der Waals surface area contributed by atoms with Gasteiger partial charge in [0.25, 0.3) is 0 Å². The van der Waals surface area contributed by atoms with Gasteiger partial charge in [-0.2, -0.15) is 13.2 Å². The molecule has 1 saturated heterocycles. The van der Waals surface area contributed by atoms with Gasteiger partial charge in [0.2, 0.25) is 11.6 Å². The molecule has 38 heavy (non-hydrogen) atoms.